The van der Waals surface area contributed by atoms with Crippen molar-refractivity contribution in [3.63, 3.8) is 0 Å². The molecule has 1 aliphatic rings. The van der Waals surface area contributed by atoms with Gasteiger partial charge in [0.05, 0.1) is 10.8 Å². The average molecular weight is 227 g/mol. The quantitative estimate of drug-likeness (QED) is 0.857. The molecule has 5 heteroatoms. The topological polar surface area (TPSA) is 64.9 Å². The lowest BCUT2D eigenvalue weighted by molar-refractivity contribution is 0.349. The zero-order chi connectivity index (χ0) is 10.9. The first-order valence-corrected chi connectivity index (χ1v) is 6.60. The highest BCUT2D eigenvalue weighted by Crippen LogP contribution is 2.35. The molecule has 0 aliphatic heterocycles. The minimum atomic E-state index is -0.333. The van der Waals surface area contributed by atoms with Gasteiger partial charge in [-0.15, -0.1) is 0 Å². The summed E-state index contributed by atoms with van der Waals surface area (Å²) in [7, 11) is 0. The maximum absolute atomic E-state index is 6.24. The second-order valence-electron chi connectivity index (χ2n) is 4.20. The number of rotatable bonds is 3. The summed E-state index contributed by atoms with van der Waals surface area (Å²) in [6.07, 6.45) is 6.30. The van der Waals surface area contributed by atoms with E-state index >= 15 is 0 Å². The highest BCUT2D eigenvalue weighted by molar-refractivity contribution is 7.98. The second kappa shape index (κ2) is 4.14. The molecule has 0 saturated heterocycles. The Bertz CT molecular complexity index is 333. The fourth-order valence-electron chi connectivity index (χ4n) is 1.93. The van der Waals surface area contributed by atoms with Crippen LogP contribution in [-0.4, -0.2) is 16.4 Å². The van der Waals surface area contributed by atoms with Crippen LogP contribution in [0.5, 0.6) is 0 Å². The minimum Gasteiger partial charge on any atom is -0.338 e. The van der Waals surface area contributed by atoms with E-state index in [1.54, 1.807) is 11.8 Å². The van der Waals surface area contributed by atoms with E-state index in [2.05, 4.69) is 17.1 Å². The van der Waals surface area contributed by atoms with Crippen molar-refractivity contribution in [1.82, 2.24) is 10.1 Å². The molecule has 15 heavy (non-hydrogen) atoms. The molecule has 0 aromatic carbocycles. The van der Waals surface area contributed by atoms with Crippen LogP contribution in [0, 0.1) is 0 Å². The van der Waals surface area contributed by atoms with Crippen LogP contribution >= 0.6 is 11.8 Å². The van der Waals surface area contributed by atoms with Gasteiger partial charge in [0.2, 0.25) is 5.89 Å². The average Bonchev–Trinajstić information content (AvgIpc) is 2.85. The Kier molecular flexibility index (Phi) is 3.02. The Morgan fingerprint density at radius 1 is 1.47 bits per heavy atom. The Hall–Kier alpha value is -0.550. The van der Waals surface area contributed by atoms with Crippen molar-refractivity contribution >= 4 is 11.8 Å². The molecule has 1 aliphatic carbocycles. The molecule has 4 nitrogen and oxygen atoms in total. The van der Waals surface area contributed by atoms with Crippen molar-refractivity contribution in [2.45, 2.75) is 43.4 Å². The predicted octanol–water partition coefficient (Wildman–Crippen LogP) is 2.22. The molecule has 0 amide bonds. The van der Waals surface area contributed by atoms with E-state index in [1.807, 2.05) is 6.26 Å². The Morgan fingerprint density at radius 2 is 2.13 bits per heavy atom. The summed E-state index contributed by atoms with van der Waals surface area (Å²) in [5.41, 5.74) is 5.91. The fourth-order valence-corrected chi connectivity index (χ4v) is 2.23. The summed E-state index contributed by atoms with van der Waals surface area (Å²) < 4.78 is 5.23. The number of aromatic nitrogens is 2. The van der Waals surface area contributed by atoms with E-state index < -0.39 is 0 Å². The van der Waals surface area contributed by atoms with Gasteiger partial charge < -0.3 is 10.3 Å². The number of nitrogens with two attached hydrogens (primary N) is 1. The van der Waals surface area contributed by atoms with Gasteiger partial charge >= 0.3 is 0 Å². The summed E-state index contributed by atoms with van der Waals surface area (Å²) in [4.78, 5) is 4.41. The van der Waals surface area contributed by atoms with Crippen LogP contribution in [0.1, 0.15) is 49.6 Å². The first kappa shape index (κ1) is 11.0. The standard InChI is InChI=1S/C10H17N3OS/c1-7(15-2)8-12-9(13-14-8)10(11)5-3-4-6-10/h7H,3-6,11H2,1-2H3. The predicted molar refractivity (Wildman–Crippen MR) is 60.6 cm³/mol. The summed E-state index contributed by atoms with van der Waals surface area (Å²) in [5.74, 6) is 1.38. The van der Waals surface area contributed by atoms with Crippen LogP contribution < -0.4 is 5.73 Å². The van der Waals surface area contributed by atoms with Gasteiger partial charge in [-0.2, -0.15) is 16.7 Å². The lowest BCUT2D eigenvalue weighted by Crippen LogP contribution is -2.34. The number of thioether (sulfide) groups is 1. The van der Waals surface area contributed by atoms with E-state index in [4.69, 9.17) is 10.3 Å². The molecule has 0 bridgehead atoms. The Balaban J connectivity index is 2.19. The molecule has 0 radical (unpaired) electrons. The molecule has 2 rings (SSSR count). The number of hydrogen-bond donors (Lipinski definition) is 1. The largest absolute Gasteiger partial charge is 0.338 e. The number of hydrogen-bond acceptors (Lipinski definition) is 5. The van der Waals surface area contributed by atoms with Gasteiger partial charge in [-0.05, 0) is 26.0 Å². The highest BCUT2D eigenvalue weighted by Gasteiger charge is 2.36. The summed E-state index contributed by atoms with van der Waals surface area (Å²) in [5, 5.41) is 4.26. The first-order valence-electron chi connectivity index (χ1n) is 5.31. The summed E-state index contributed by atoms with van der Waals surface area (Å²) in [6, 6.07) is 0. The summed E-state index contributed by atoms with van der Waals surface area (Å²) in [6.45, 7) is 2.06. The van der Waals surface area contributed by atoms with Crippen LogP contribution in [0.3, 0.4) is 0 Å². The lowest BCUT2D eigenvalue weighted by atomic mass is 9.99. The van der Waals surface area contributed by atoms with Gasteiger partial charge in [0.15, 0.2) is 5.82 Å². The van der Waals surface area contributed by atoms with Crippen LogP contribution in [0.4, 0.5) is 0 Å². The molecule has 1 aromatic rings. The third-order valence-electron chi connectivity index (χ3n) is 3.08. The van der Waals surface area contributed by atoms with Crippen molar-refractivity contribution in [1.29, 1.82) is 0 Å². The molecule has 1 fully saturated rings. The summed E-state index contributed by atoms with van der Waals surface area (Å²) >= 11 is 1.70. The molecular weight excluding hydrogens is 210 g/mol. The molecule has 2 N–H and O–H groups in total. The minimum absolute atomic E-state index is 0.247. The van der Waals surface area contributed by atoms with Gasteiger partial charge in [0.1, 0.15) is 0 Å². The van der Waals surface area contributed by atoms with Crippen molar-refractivity contribution in [3.8, 4) is 0 Å². The lowest BCUT2D eigenvalue weighted by Gasteiger charge is -2.17. The molecule has 1 saturated carbocycles. The van der Waals surface area contributed by atoms with Crippen molar-refractivity contribution in [2.75, 3.05) is 6.26 Å². The molecule has 1 atom stereocenters. The van der Waals surface area contributed by atoms with E-state index in [-0.39, 0.29) is 10.8 Å². The zero-order valence-corrected chi connectivity index (χ0v) is 10.0. The van der Waals surface area contributed by atoms with Crippen LogP contribution in [-0.2, 0) is 5.54 Å². The Labute approximate surface area is 94.0 Å². The molecule has 1 aromatic heterocycles. The van der Waals surface area contributed by atoms with Crippen molar-refractivity contribution in [3.05, 3.63) is 11.7 Å². The van der Waals surface area contributed by atoms with Gasteiger partial charge in [0.25, 0.3) is 0 Å². The molecule has 1 unspecified atom stereocenters. The maximum Gasteiger partial charge on any atom is 0.239 e. The highest BCUT2D eigenvalue weighted by atomic mass is 32.2. The first-order chi connectivity index (χ1) is 7.15. The monoisotopic (exact) mass is 227 g/mol. The second-order valence-corrected chi connectivity index (χ2v) is 5.38. The third kappa shape index (κ3) is 2.03. The van der Waals surface area contributed by atoms with E-state index in [1.165, 1.54) is 12.8 Å². The van der Waals surface area contributed by atoms with Crippen LogP contribution in [0.2, 0.25) is 0 Å². The molecule has 84 valence electrons. The fraction of sp³-hybridized carbons (Fsp3) is 0.800. The van der Waals surface area contributed by atoms with Crippen molar-refractivity contribution in [2.24, 2.45) is 5.73 Å². The molecular formula is C10H17N3OS. The molecule has 0 spiro atoms. The van der Waals surface area contributed by atoms with Crippen LogP contribution in [0.25, 0.3) is 0 Å². The maximum atomic E-state index is 6.24. The van der Waals surface area contributed by atoms with Gasteiger partial charge in [0, 0.05) is 0 Å². The normalized spacial score (nSPS) is 21.8. The third-order valence-corrected chi connectivity index (χ3v) is 3.99. The van der Waals surface area contributed by atoms with Gasteiger partial charge in [-0.3, -0.25) is 0 Å². The van der Waals surface area contributed by atoms with Gasteiger partial charge in [-0.25, -0.2) is 0 Å². The molecule has 1 heterocycles. The smallest absolute Gasteiger partial charge is 0.239 e. The van der Waals surface area contributed by atoms with E-state index in [9.17, 15) is 0 Å². The Morgan fingerprint density at radius 3 is 2.73 bits per heavy atom. The number of nitrogens with zero attached hydrogens (tertiary/aromatic N) is 2. The zero-order valence-electron chi connectivity index (χ0n) is 9.19. The van der Waals surface area contributed by atoms with E-state index in [0.717, 1.165) is 12.8 Å². The van der Waals surface area contributed by atoms with Gasteiger partial charge in [-0.1, -0.05) is 18.0 Å². The SMILES string of the molecule is CSC(C)c1nc(C2(N)CCCC2)no1. The van der Waals surface area contributed by atoms with E-state index in [0.29, 0.717) is 11.7 Å². The van der Waals surface area contributed by atoms with Crippen LogP contribution in [0.15, 0.2) is 4.52 Å². The van der Waals surface area contributed by atoms with Crippen molar-refractivity contribution < 1.29 is 4.52 Å².